The van der Waals surface area contributed by atoms with E-state index in [0.717, 1.165) is 6.42 Å². The molecule has 0 spiro atoms. The van der Waals surface area contributed by atoms with E-state index in [2.05, 4.69) is 0 Å². The molecule has 1 saturated heterocycles. The Bertz CT molecular complexity index is 661. The van der Waals surface area contributed by atoms with E-state index in [1.807, 2.05) is 0 Å². The second-order valence-electron chi connectivity index (χ2n) is 6.38. The van der Waals surface area contributed by atoms with E-state index >= 15 is 0 Å². The van der Waals surface area contributed by atoms with Crippen molar-refractivity contribution in [2.75, 3.05) is 44.8 Å². The number of hydrogen-bond donors (Lipinski definition) is 1. The maximum absolute atomic E-state index is 12.7. The van der Waals surface area contributed by atoms with Gasteiger partial charge in [-0.1, -0.05) is 0 Å². The molecule has 1 heterocycles. The quantitative estimate of drug-likeness (QED) is 0.683. The Morgan fingerprint density at radius 3 is 2.52 bits per heavy atom. The highest BCUT2D eigenvalue weighted by molar-refractivity contribution is 5.85. The van der Waals surface area contributed by atoms with Crippen LogP contribution in [0.3, 0.4) is 0 Å². The van der Waals surface area contributed by atoms with Crippen LogP contribution in [-0.4, -0.2) is 67.7 Å². The minimum atomic E-state index is -1.03. The van der Waals surface area contributed by atoms with Crippen LogP contribution in [0.5, 0.6) is 5.75 Å². The number of anilines is 1. The maximum Gasteiger partial charge on any atom is 0.323 e. The Kier molecular flexibility index (Phi) is 7.45. The van der Waals surface area contributed by atoms with Gasteiger partial charge in [-0.25, -0.2) is 0 Å². The van der Waals surface area contributed by atoms with Crippen LogP contribution in [-0.2, 0) is 19.1 Å². The van der Waals surface area contributed by atoms with E-state index in [4.69, 9.17) is 9.47 Å². The molecule has 1 aromatic rings. The number of rotatable bonds is 8. The van der Waals surface area contributed by atoms with Crippen molar-refractivity contribution in [1.29, 1.82) is 0 Å². The van der Waals surface area contributed by atoms with Gasteiger partial charge in [-0.15, -0.1) is 0 Å². The Hall–Kier alpha value is -2.77. The molecule has 1 atom stereocenters. The van der Waals surface area contributed by atoms with Crippen LogP contribution in [0.2, 0.25) is 0 Å². The van der Waals surface area contributed by atoms with Crippen molar-refractivity contribution in [1.82, 2.24) is 4.90 Å². The number of piperidine rings is 1. The molecule has 8 nitrogen and oxygen atoms in total. The van der Waals surface area contributed by atoms with Gasteiger partial charge in [0, 0.05) is 18.8 Å². The molecule has 0 bridgehead atoms. The topological polar surface area (TPSA) is 96.4 Å². The molecule has 1 unspecified atom stereocenters. The predicted molar refractivity (Wildman–Crippen MR) is 98.8 cm³/mol. The number of aliphatic carboxylic acids is 1. The lowest BCUT2D eigenvalue weighted by Gasteiger charge is -2.33. The zero-order valence-corrected chi connectivity index (χ0v) is 15.7. The fourth-order valence-corrected chi connectivity index (χ4v) is 3.11. The summed E-state index contributed by atoms with van der Waals surface area (Å²) in [5.74, 6) is -1.19. The number of ether oxygens (including phenoxy) is 2. The van der Waals surface area contributed by atoms with Crippen LogP contribution >= 0.6 is 0 Å². The molecule has 1 aromatic carbocycles. The van der Waals surface area contributed by atoms with Crippen LogP contribution in [0.1, 0.15) is 19.8 Å². The van der Waals surface area contributed by atoms with E-state index in [9.17, 15) is 19.5 Å². The fourth-order valence-electron chi connectivity index (χ4n) is 3.11. The van der Waals surface area contributed by atoms with Crippen molar-refractivity contribution < 1.29 is 29.0 Å². The molecule has 0 radical (unpaired) electrons. The highest BCUT2D eigenvalue weighted by Crippen LogP contribution is 2.21. The van der Waals surface area contributed by atoms with Gasteiger partial charge in [0.25, 0.3) is 0 Å². The molecule has 148 valence electrons. The van der Waals surface area contributed by atoms with Crippen LogP contribution in [0.15, 0.2) is 24.3 Å². The first-order valence-electron chi connectivity index (χ1n) is 8.99. The van der Waals surface area contributed by atoms with Gasteiger partial charge in [-0.05, 0) is 44.0 Å². The number of benzene rings is 1. The van der Waals surface area contributed by atoms with Crippen molar-refractivity contribution in [3.8, 4) is 5.75 Å². The molecule has 27 heavy (non-hydrogen) atoms. The van der Waals surface area contributed by atoms with Gasteiger partial charge in [0.2, 0.25) is 5.91 Å². The molecule has 1 aliphatic rings. The van der Waals surface area contributed by atoms with Crippen LogP contribution in [0.25, 0.3) is 0 Å². The molecule has 2 rings (SSSR count). The van der Waals surface area contributed by atoms with Crippen LogP contribution in [0.4, 0.5) is 5.69 Å². The first-order valence-corrected chi connectivity index (χ1v) is 8.99. The molecule has 1 N–H and O–H groups in total. The summed E-state index contributed by atoms with van der Waals surface area (Å²) in [6.07, 6.45) is 1.41. The van der Waals surface area contributed by atoms with Crippen LogP contribution < -0.4 is 9.64 Å². The third-order valence-electron chi connectivity index (χ3n) is 4.48. The number of likely N-dealkylation sites (tertiary alicyclic amines) is 1. The standard InChI is InChI=1S/C19H26N2O6/c1-3-27-19(25)14-5-4-10-20(11-14)17(22)12-21(13-18(23)24)15-6-8-16(26-2)9-7-15/h6-9,14H,3-5,10-13H2,1-2H3,(H,23,24). The molecule has 0 aromatic heterocycles. The summed E-state index contributed by atoms with van der Waals surface area (Å²) in [7, 11) is 1.55. The third kappa shape index (κ3) is 5.87. The Morgan fingerprint density at radius 2 is 1.93 bits per heavy atom. The smallest absolute Gasteiger partial charge is 0.323 e. The van der Waals surface area contributed by atoms with E-state index in [-0.39, 0.29) is 30.9 Å². The van der Waals surface area contributed by atoms with Gasteiger partial charge < -0.3 is 24.4 Å². The average molecular weight is 378 g/mol. The number of esters is 1. The molecule has 0 aliphatic carbocycles. The number of carboxylic acid groups (broad SMARTS) is 1. The maximum atomic E-state index is 12.7. The monoisotopic (exact) mass is 378 g/mol. The van der Waals surface area contributed by atoms with Crippen molar-refractivity contribution >= 4 is 23.5 Å². The van der Waals surface area contributed by atoms with Crippen molar-refractivity contribution in [2.24, 2.45) is 5.92 Å². The average Bonchev–Trinajstić information content (AvgIpc) is 2.67. The molecule has 0 saturated carbocycles. The summed E-state index contributed by atoms with van der Waals surface area (Å²) in [5, 5.41) is 9.19. The van der Waals surface area contributed by atoms with Crippen molar-refractivity contribution in [3.05, 3.63) is 24.3 Å². The number of carboxylic acids is 1. The van der Waals surface area contributed by atoms with E-state index in [0.29, 0.717) is 37.6 Å². The number of carbonyl (C=O) groups excluding carboxylic acids is 2. The Labute approximate surface area is 158 Å². The highest BCUT2D eigenvalue weighted by atomic mass is 16.5. The van der Waals surface area contributed by atoms with Gasteiger partial charge in [-0.2, -0.15) is 0 Å². The summed E-state index contributed by atoms with van der Waals surface area (Å²) < 4.78 is 10.2. The normalized spacial score (nSPS) is 16.5. The lowest BCUT2D eigenvalue weighted by Crippen LogP contribution is -2.47. The summed E-state index contributed by atoms with van der Waals surface area (Å²) in [6.45, 7) is 2.55. The first kappa shape index (κ1) is 20.5. The van der Waals surface area contributed by atoms with E-state index in [1.54, 1.807) is 43.2 Å². The SMILES string of the molecule is CCOC(=O)C1CCCN(C(=O)CN(CC(=O)O)c2ccc(OC)cc2)C1. The predicted octanol–water partition coefficient (Wildman–Crippen LogP) is 1.39. The molecule has 1 fully saturated rings. The van der Waals surface area contributed by atoms with Gasteiger partial charge in [0.05, 0.1) is 26.2 Å². The number of nitrogens with zero attached hydrogens (tertiary/aromatic N) is 2. The number of methoxy groups -OCH3 is 1. The number of amides is 1. The molecule has 1 amide bonds. The van der Waals surface area contributed by atoms with Gasteiger partial charge in [0.15, 0.2) is 0 Å². The minimum Gasteiger partial charge on any atom is -0.497 e. The summed E-state index contributed by atoms with van der Waals surface area (Å²) in [5.41, 5.74) is 0.616. The zero-order valence-electron chi connectivity index (χ0n) is 15.7. The van der Waals surface area contributed by atoms with E-state index in [1.165, 1.54) is 4.90 Å². The van der Waals surface area contributed by atoms with Crippen molar-refractivity contribution in [3.63, 3.8) is 0 Å². The number of carbonyl (C=O) groups is 3. The molecular weight excluding hydrogens is 352 g/mol. The molecule has 8 heteroatoms. The fraction of sp³-hybridized carbons (Fsp3) is 0.526. The summed E-state index contributed by atoms with van der Waals surface area (Å²) >= 11 is 0. The Morgan fingerprint density at radius 1 is 1.22 bits per heavy atom. The van der Waals surface area contributed by atoms with E-state index < -0.39 is 5.97 Å². The highest BCUT2D eigenvalue weighted by Gasteiger charge is 2.30. The van der Waals surface area contributed by atoms with Crippen molar-refractivity contribution in [2.45, 2.75) is 19.8 Å². The van der Waals surface area contributed by atoms with Crippen LogP contribution in [0, 0.1) is 5.92 Å². The molecular formula is C19H26N2O6. The first-order chi connectivity index (χ1) is 12.9. The largest absolute Gasteiger partial charge is 0.497 e. The number of hydrogen-bond acceptors (Lipinski definition) is 6. The lowest BCUT2D eigenvalue weighted by atomic mass is 9.98. The summed E-state index contributed by atoms with van der Waals surface area (Å²) in [6, 6.07) is 6.86. The van der Waals surface area contributed by atoms with Gasteiger partial charge in [0.1, 0.15) is 12.3 Å². The van der Waals surface area contributed by atoms with Gasteiger partial charge >= 0.3 is 11.9 Å². The Balaban J connectivity index is 2.05. The van der Waals surface area contributed by atoms with Gasteiger partial charge in [-0.3, -0.25) is 14.4 Å². The minimum absolute atomic E-state index is 0.0752. The third-order valence-corrected chi connectivity index (χ3v) is 4.48. The zero-order chi connectivity index (χ0) is 19.8. The molecule has 1 aliphatic heterocycles. The second-order valence-corrected chi connectivity index (χ2v) is 6.38. The lowest BCUT2D eigenvalue weighted by molar-refractivity contribution is -0.151. The summed E-state index contributed by atoms with van der Waals surface area (Å²) in [4.78, 5) is 39.0. The second kappa shape index (κ2) is 9.80.